The molecule has 5 heteroatoms. The van der Waals surface area contributed by atoms with E-state index in [2.05, 4.69) is 22.8 Å². The standard InChI is InChI=1S/C14H19N3O2/c18-14-16-13(11-4-2-1-3-5-11)9-17(14)8-12-10-19-7-6-15-12/h1-5,12-13,15H,6-10H2,(H,16,18). The summed E-state index contributed by atoms with van der Waals surface area (Å²) in [7, 11) is 0. The SMILES string of the molecule is O=C1NC(c2ccccc2)CN1CC1COCCN1. The molecule has 102 valence electrons. The number of hydrogen-bond acceptors (Lipinski definition) is 3. The molecule has 2 unspecified atom stereocenters. The van der Waals surface area contributed by atoms with Crippen molar-refractivity contribution >= 4 is 6.03 Å². The van der Waals surface area contributed by atoms with E-state index in [1.807, 2.05) is 23.1 Å². The summed E-state index contributed by atoms with van der Waals surface area (Å²) in [6.45, 7) is 3.73. The second-order valence-corrected chi connectivity index (χ2v) is 5.04. The van der Waals surface area contributed by atoms with E-state index in [4.69, 9.17) is 4.74 Å². The van der Waals surface area contributed by atoms with Gasteiger partial charge in [-0.3, -0.25) is 0 Å². The third-order valence-corrected chi connectivity index (χ3v) is 3.63. The van der Waals surface area contributed by atoms with Gasteiger partial charge in [-0.05, 0) is 5.56 Å². The van der Waals surface area contributed by atoms with E-state index in [-0.39, 0.29) is 18.1 Å². The van der Waals surface area contributed by atoms with Gasteiger partial charge in [0.2, 0.25) is 0 Å². The molecule has 0 spiro atoms. The zero-order chi connectivity index (χ0) is 13.1. The first-order valence-electron chi connectivity index (χ1n) is 6.74. The van der Waals surface area contributed by atoms with Crippen molar-refractivity contribution in [3.05, 3.63) is 35.9 Å². The second kappa shape index (κ2) is 5.59. The molecule has 1 aromatic rings. The number of benzene rings is 1. The van der Waals surface area contributed by atoms with Crippen LogP contribution in [-0.2, 0) is 4.74 Å². The van der Waals surface area contributed by atoms with Gasteiger partial charge in [-0.25, -0.2) is 4.79 Å². The Morgan fingerprint density at radius 2 is 2.16 bits per heavy atom. The van der Waals surface area contributed by atoms with Crippen molar-refractivity contribution in [3.63, 3.8) is 0 Å². The summed E-state index contributed by atoms with van der Waals surface area (Å²) >= 11 is 0. The van der Waals surface area contributed by atoms with Crippen LogP contribution in [0.2, 0.25) is 0 Å². The number of urea groups is 1. The number of rotatable bonds is 3. The van der Waals surface area contributed by atoms with Crippen molar-refractivity contribution in [2.24, 2.45) is 0 Å². The van der Waals surface area contributed by atoms with Crippen LogP contribution in [0.4, 0.5) is 4.79 Å². The van der Waals surface area contributed by atoms with Crippen molar-refractivity contribution in [1.82, 2.24) is 15.5 Å². The molecule has 2 amide bonds. The molecule has 19 heavy (non-hydrogen) atoms. The van der Waals surface area contributed by atoms with Gasteiger partial charge in [-0.1, -0.05) is 30.3 Å². The highest BCUT2D eigenvalue weighted by Crippen LogP contribution is 2.20. The van der Waals surface area contributed by atoms with Gasteiger partial charge < -0.3 is 20.3 Å². The van der Waals surface area contributed by atoms with Crippen LogP contribution in [0, 0.1) is 0 Å². The molecule has 2 fully saturated rings. The summed E-state index contributed by atoms with van der Waals surface area (Å²) in [4.78, 5) is 13.8. The number of hydrogen-bond donors (Lipinski definition) is 2. The molecule has 2 aliphatic rings. The van der Waals surface area contributed by atoms with E-state index in [1.165, 1.54) is 0 Å². The molecule has 2 N–H and O–H groups in total. The van der Waals surface area contributed by atoms with E-state index in [1.54, 1.807) is 0 Å². The van der Waals surface area contributed by atoms with Gasteiger partial charge in [0, 0.05) is 25.7 Å². The molecular weight excluding hydrogens is 242 g/mol. The van der Waals surface area contributed by atoms with Crippen LogP contribution in [0.25, 0.3) is 0 Å². The lowest BCUT2D eigenvalue weighted by Crippen LogP contribution is -2.49. The molecule has 2 atom stereocenters. The van der Waals surface area contributed by atoms with Crippen molar-refractivity contribution in [3.8, 4) is 0 Å². The third kappa shape index (κ3) is 2.88. The molecule has 1 aromatic carbocycles. The number of ether oxygens (including phenoxy) is 1. The van der Waals surface area contributed by atoms with Crippen LogP contribution in [0.5, 0.6) is 0 Å². The summed E-state index contributed by atoms with van der Waals surface area (Å²) in [5.41, 5.74) is 1.16. The highest BCUT2D eigenvalue weighted by Gasteiger charge is 2.31. The van der Waals surface area contributed by atoms with Crippen molar-refractivity contribution in [2.45, 2.75) is 12.1 Å². The lowest BCUT2D eigenvalue weighted by atomic mass is 10.1. The number of carbonyl (C=O) groups is 1. The average Bonchev–Trinajstić information content (AvgIpc) is 2.82. The molecule has 0 radical (unpaired) electrons. The molecule has 0 saturated carbocycles. The Kier molecular flexibility index (Phi) is 3.66. The first kappa shape index (κ1) is 12.4. The van der Waals surface area contributed by atoms with Crippen LogP contribution in [0.3, 0.4) is 0 Å². The lowest BCUT2D eigenvalue weighted by molar-refractivity contribution is 0.0679. The van der Waals surface area contributed by atoms with Gasteiger partial charge in [-0.2, -0.15) is 0 Å². The lowest BCUT2D eigenvalue weighted by Gasteiger charge is -2.27. The second-order valence-electron chi connectivity index (χ2n) is 5.04. The Bertz CT molecular complexity index is 432. The quantitative estimate of drug-likeness (QED) is 0.844. The zero-order valence-electron chi connectivity index (χ0n) is 10.8. The van der Waals surface area contributed by atoms with Gasteiger partial charge >= 0.3 is 6.03 Å². The summed E-state index contributed by atoms with van der Waals surface area (Å²) in [6, 6.07) is 10.4. The number of morpholine rings is 1. The molecule has 2 aliphatic heterocycles. The van der Waals surface area contributed by atoms with Crippen molar-refractivity contribution in [2.75, 3.05) is 32.8 Å². The largest absolute Gasteiger partial charge is 0.378 e. The third-order valence-electron chi connectivity index (χ3n) is 3.63. The average molecular weight is 261 g/mol. The monoisotopic (exact) mass is 261 g/mol. The number of nitrogens with one attached hydrogen (secondary N) is 2. The maximum absolute atomic E-state index is 12.0. The fourth-order valence-corrected chi connectivity index (χ4v) is 2.62. The van der Waals surface area contributed by atoms with E-state index in [0.717, 1.165) is 25.3 Å². The summed E-state index contributed by atoms with van der Waals surface area (Å²) in [6.07, 6.45) is 0. The van der Waals surface area contributed by atoms with Gasteiger partial charge in [-0.15, -0.1) is 0 Å². The molecule has 0 aliphatic carbocycles. The van der Waals surface area contributed by atoms with E-state index in [0.29, 0.717) is 13.2 Å². The molecule has 2 heterocycles. The van der Waals surface area contributed by atoms with Crippen molar-refractivity contribution in [1.29, 1.82) is 0 Å². The minimum absolute atomic E-state index is 0.0150. The fourth-order valence-electron chi connectivity index (χ4n) is 2.62. The van der Waals surface area contributed by atoms with Gasteiger partial charge in [0.15, 0.2) is 0 Å². The summed E-state index contributed by atoms with van der Waals surface area (Å²) in [5, 5.41) is 6.40. The Hall–Kier alpha value is -1.59. The van der Waals surface area contributed by atoms with Crippen LogP contribution in [0.15, 0.2) is 30.3 Å². The van der Waals surface area contributed by atoms with Gasteiger partial charge in [0.05, 0.1) is 19.3 Å². The normalized spacial score (nSPS) is 27.4. The molecule has 3 rings (SSSR count). The topological polar surface area (TPSA) is 53.6 Å². The van der Waals surface area contributed by atoms with Crippen molar-refractivity contribution < 1.29 is 9.53 Å². The van der Waals surface area contributed by atoms with E-state index in [9.17, 15) is 4.79 Å². The maximum atomic E-state index is 12.0. The summed E-state index contributed by atoms with van der Waals surface area (Å²) in [5.74, 6) is 0. The highest BCUT2D eigenvalue weighted by atomic mass is 16.5. The molecule has 0 aromatic heterocycles. The minimum atomic E-state index is 0.0150. The highest BCUT2D eigenvalue weighted by molar-refractivity contribution is 5.77. The van der Waals surface area contributed by atoms with Crippen LogP contribution < -0.4 is 10.6 Å². The summed E-state index contributed by atoms with van der Waals surface area (Å²) < 4.78 is 5.42. The Morgan fingerprint density at radius 1 is 1.32 bits per heavy atom. The molecule has 0 bridgehead atoms. The smallest absolute Gasteiger partial charge is 0.318 e. The Labute approximate surface area is 112 Å². The Balaban J connectivity index is 1.60. The minimum Gasteiger partial charge on any atom is -0.378 e. The van der Waals surface area contributed by atoms with Crippen LogP contribution >= 0.6 is 0 Å². The van der Waals surface area contributed by atoms with E-state index >= 15 is 0 Å². The van der Waals surface area contributed by atoms with Gasteiger partial charge in [0.1, 0.15) is 0 Å². The predicted molar refractivity (Wildman–Crippen MR) is 71.9 cm³/mol. The fraction of sp³-hybridized carbons (Fsp3) is 0.500. The number of amides is 2. The maximum Gasteiger partial charge on any atom is 0.318 e. The number of nitrogens with zero attached hydrogens (tertiary/aromatic N) is 1. The Morgan fingerprint density at radius 3 is 2.89 bits per heavy atom. The van der Waals surface area contributed by atoms with E-state index < -0.39 is 0 Å². The number of carbonyl (C=O) groups excluding carboxylic acids is 1. The van der Waals surface area contributed by atoms with Crippen LogP contribution in [0.1, 0.15) is 11.6 Å². The first-order chi connectivity index (χ1) is 9.33. The first-order valence-corrected chi connectivity index (χ1v) is 6.74. The molecular formula is C14H19N3O2. The predicted octanol–water partition coefficient (Wildman–Crippen LogP) is 0.741. The van der Waals surface area contributed by atoms with Crippen LogP contribution in [-0.4, -0.2) is 49.8 Å². The van der Waals surface area contributed by atoms with Gasteiger partial charge in [0.25, 0.3) is 0 Å². The molecule has 5 nitrogen and oxygen atoms in total. The molecule has 2 saturated heterocycles. The zero-order valence-corrected chi connectivity index (χ0v) is 10.8.